The largest absolute Gasteiger partial charge is 0.481 e. The van der Waals surface area contributed by atoms with Crippen molar-refractivity contribution >= 4 is 27.6 Å². The number of carbonyl (C=O) groups is 2. The Bertz CT molecular complexity index is 901. The summed E-state index contributed by atoms with van der Waals surface area (Å²) in [5, 5.41) is 11.3. The van der Waals surface area contributed by atoms with Gasteiger partial charge >= 0.3 is 5.97 Å². The number of hydrogen-bond donors (Lipinski definition) is 2. The number of benzene rings is 1. The second-order valence-electron chi connectivity index (χ2n) is 5.55. The third kappa shape index (κ3) is 4.06. The van der Waals surface area contributed by atoms with Gasteiger partial charge in [-0.25, -0.2) is 12.7 Å². The van der Waals surface area contributed by atoms with E-state index in [9.17, 15) is 18.0 Å². The molecule has 0 bridgehead atoms. The number of nitrogens with zero attached hydrogens (tertiary/aromatic N) is 1. The molecule has 2 N–H and O–H groups in total. The molecule has 0 saturated heterocycles. The van der Waals surface area contributed by atoms with Crippen LogP contribution < -0.4 is 5.32 Å². The van der Waals surface area contributed by atoms with Gasteiger partial charge in [0.05, 0.1) is 5.92 Å². The minimum absolute atomic E-state index is 0.169. The van der Waals surface area contributed by atoms with Crippen molar-refractivity contribution < 1.29 is 27.5 Å². The van der Waals surface area contributed by atoms with Crippen LogP contribution in [-0.2, 0) is 14.8 Å². The van der Waals surface area contributed by atoms with Gasteiger partial charge in [-0.3, -0.25) is 9.59 Å². The highest BCUT2D eigenvalue weighted by Gasteiger charge is 2.23. The van der Waals surface area contributed by atoms with Gasteiger partial charge in [0, 0.05) is 19.8 Å². The molecule has 25 heavy (non-hydrogen) atoms. The fourth-order valence-corrected chi connectivity index (χ4v) is 2.78. The quantitative estimate of drug-likeness (QED) is 0.807. The molecular weight excluding hydrogens is 348 g/mol. The fraction of sp³-hybridized carbons (Fsp3) is 0.250. The Morgan fingerprint density at radius 1 is 1.20 bits per heavy atom. The first-order chi connectivity index (χ1) is 11.6. The molecule has 0 aliphatic heterocycles. The zero-order chi connectivity index (χ0) is 18.8. The number of nitrogens with one attached hydrogen (secondary N) is 1. The molecule has 134 valence electrons. The van der Waals surface area contributed by atoms with Crippen molar-refractivity contribution in [2.75, 3.05) is 19.4 Å². The van der Waals surface area contributed by atoms with Crippen LogP contribution in [0.2, 0.25) is 0 Å². The molecule has 0 aliphatic carbocycles. The Kier molecular flexibility index (Phi) is 5.29. The summed E-state index contributed by atoms with van der Waals surface area (Å²) < 4.78 is 30.0. The Labute approximate surface area is 145 Å². The Morgan fingerprint density at radius 3 is 2.48 bits per heavy atom. The maximum Gasteiger partial charge on any atom is 0.310 e. The second kappa shape index (κ2) is 7.08. The zero-order valence-electron chi connectivity index (χ0n) is 13.9. The Hall–Kier alpha value is -2.65. The lowest BCUT2D eigenvalue weighted by Gasteiger charge is -2.10. The molecule has 1 atom stereocenters. The van der Waals surface area contributed by atoms with Crippen molar-refractivity contribution in [1.82, 2.24) is 4.31 Å². The van der Waals surface area contributed by atoms with Gasteiger partial charge in [0.15, 0.2) is 5.76 Å². The number of amides is 1. The molecule has 2 aromatic rings. The van der Waals surface area contributed by atoms with E-state index in [-0.39, 0.29) is 10.9 Å². The van der Waals surface area contributed by atoms with Crippen molar-refractivity contribution in [3.8, 4) is 0 Å². The summed E-state index contributed by atoms with van der Waals surface area (Å²) in [6, 6.07) is 8.85. The number of aliphatic carboxylic acids is 1. The Balaban J connectivity index is 2.20. The summed E-state index contributed by atoms with van der Waals surface area (Å²) in [5.74, 6) is -2.51. The van der Waals surface area contributed by atoms with E-state index in [1.54, 1.807) is 18.2 Å². The van der Waals surface area contributed by atoms with Crippen molar-refractivity contribution in [3.05, 3.63) is 47.7 Å². The van der Waals surface area contributed by atoms with Crippen LogP contribution in [0.4, 0.5) is 5.69 Å². The van der Waals surface area contributed by atoms with Gasteiger partial charge in [-0.2, -0.15) is 0 Å². The van der Waals surface area contributed by atoms with E-state index in [2.05, 4.69) is 5.32 Å². The molecule has 0 radical (unpaired) electrons. The van der Waals surface area contributed by atoms with E-state index >= 15 is 0 Å². The van der Waals surface area contributed by atoms with Crippen LogP contribution in [0.5, 0.6) is 0 Å². The van der Waals surface area contributed by atoms with Gasteiger partial charge in [-0.15, -0.1) is 0 Å². The summed E-state index contributed by atoms with van der Waals surface area (Å²) in [6.45, 7) is 1.54. The van der Waals surface area contributed by atoms with Crippen molar-refractivity contribution in [1.29, 1.82) is 0 Å². The van der Waals surface area contributed by atoms with E-state index in [1.807, 2.05) is 0 Å². The highest BCUT2D eigenvalue weighted by molar-refractivity contribution is 7.88. The first-order valence-corrected chi connectivity index (χ1v) is 8.73. The third-order valence-electron chi connectivity index (χ3n) is 3.56. The molecule has 0 spiro atoms. The molecule has 1 unspecified atom stereocenters. The predicted octanol–water partition coefficient (Wildman–Crippen LogP) is 1.97. The number of carbonyl (C=O) groups excluding carboxylic acids is 1. The number of anilines is 1. The average Bonchev–Trinajstić information content (AvgIpc) is 3.05. The van der Waals surface area contributed by atoms with Crippen LogP contribution >= 0.6 is 0 Å². The normalized spacial score (nSPS) is 12.8. The smallest absolute Gasteiger partial charge is 0.310 e. The second-order valence-corrected chi connectivity index (χ2v) is 7.63. The summed E-state index contributed by atoms with van der Waals surface area (Å²) in [4.78, 5) is 23.3. The zero-order valence-corrected chi connectivity index (χ0v) is 14.7. The lowest BCUT2D eigenvalue weighted by atomic mass is 10.0. The van der Waals surface area contributed by atoms with Crippen LogP contribution in [-0.4, -0.2) is 43.8 Å². The number of rotatable bonds is 6. The summed E-state index contributed by atoms with van der Waals surface area (Å²) >= 11 is 0. The van der Waals surface area contributed by atoms with Gasteiger partial charge in [0.1, 0.15) is 0 Å². The van der Waals surface area contributed by atoms with Crippen LogP contribution in [0.1, 0.15) is 29.0 Å². The first-order valence-electron chi connectivity index (χ1n) is 7.29. The lowest BCUT2D eigenvalue weighted by Crippen LogP contribution is -2.21. The SMILES string of the molecule is CC(C(=O)O)c1cccc(NC(=O)c2ccc(S(=O)(=O)N(C)C)o2)c1. The molecule has 0 saturated carbocycles. The van der Waals surface area contributed by atoms with E-state index in [0.29, 0.717) is 11.3 Å². The summed E-state index contributed by atoms with van der Waals surface area (Å²) in [5.41, 5.74) is 0.907. The van der Waals surface area contributed by atoms with Crippen molar-refractivity contribution in [2.45, 2.75) is 17.9 Å². The van der Waals surface area contributed by atoms with Crippen LogP contribution in [0.25, 0.3) is 0 Å². The molecule has 8 nitrogen and oxygen atoms in total. The number of furan rings is 1. The number of hydrogen-bond acceptors (Lipinski definition) is 5. The van der Waals surface area contributed by atoms with Gasteiger partial charge in [0.2, 0.25) is 5.09 Å². The molecule has 0 fully saturated rings. The lowest BCUT2D eigenvalue weighted by molar-refractivity contribution is -0.138. The molecule has 0 aliphatic rings. The maximum atomic E-state index is 12.2. The molecule has 1 aromatic heterocycles. The topological polar surface area (TPSA) is 117 Å². The first kappa shape index (κ1) is 18.7. The summed E-state index contributed by atoms with van der Waals surface area (Å²) in [6.07, 6.45) is 0. The molecule has 9 heteroatoms. The van der Waals surface area contributed by atoms with Crippen LogP contribution in [0, 0.1) is 0 Å². The van der Waals surface area contributed by atoms with Gasteiger partial charge in [-0.05, 0) is 36.8 Å². The number of carboxylic acid groups (broad SMARTS) is 1. The third-order valence-corrected chi connectivity index (χ3v) is 5.24. The molecular formula is C16H18N2O6S. The minimum atomic E-state index is -3.77. The summed E-state index contributed by atoms with van der Waals surface area (Å²) in [7, 11) is -1.06. The highest BCUT2D eigenvalue weighted by Crippen LogP contribution is 2.21. The standard InChI is InChI=1S/C16H18N2O6S/c1-10(16(20)21)11-5-4-6-12(9-11)17-15(19)13-7-8-14(24-13)25(22,23)18(2)3/h4-10H,1-3H3,(H,17,19)(H,20,21). The average molecular weight is 366 g/mol. The predicted molar refractivity (Wildman–Crippen MR) is 90.0 cm³/mol. The van der Waals surface area contributed by atoms with Crippen LogP contribution in [0.3, 0.4) is 0 Å². The van der Waals surface area contributed by atoms with E-state index in [0.717, 1.165) is 4.31 Å². The van der Waals surface area contributed by atoms with E-state index in [4.69, 9.17) is 9.52 Å². The molecule has 1 amide bonds. The van der Waals surface area contributed by atoms with E-state index in [1.165, 1.54) is 39.2 Å². The minimum Gasteiger partial charge on any atom is -0.481 e. The molecule has 2 rings (SSSR count). The van der Waals surface area contributed by atoms with E-state index < -0.39 is 27.8 Å². The van der Waals surface area contributed by atoms with Gasteiger partial charge < -0.3 is 14.8 Å². The monoisotopic (exact) mass is 366 g/mol. The fourth-order valence-electron chi connectivity index (χ4n) is 1.98. The number of sulfonamides is 1. The molecule has 1 aromatic carbocycles. The van der Waals surface area contributed by atoms with Gasteiger partial charge in [0.25, 0.3) is 15.9 Å². The maximum absolute atomic E-state index is 12.2. The van der Waals surface area contributed by atoms with Crippen molar-refractivity contribution in [3.63, 3.8) is 0 Å². The van der Waals surface area contributed by atoms with Crippen LogP contribution in [0.15, 0.2) is 45.9 Å². The number of carboxylic acids is 1. The molecule has 1 heterocycles. The van der Waals surface area contributed by atoms with Crippen molar-refractivity contribution in [2.24, 2.45) is 0 Å². The Morgan fingerprint density at radius 2 is 1.88 bits per heavy atom. The highest BCUT2D eigenvalue weighted by atomic mass is 32.2. The van der Waals surface area contributed by atoms with Gasteiger partial charge in [-0.1, -0.05) is 12.1 Å².